The molecule has 0 saturated carbocycles. The predicted octanol–water partition coefficient (Wildman–Crippen LogP) is 4.03. The average molecular weight is 527 g/mol. The minimum Gasteiger partial charge on any atom is -0.353 e. The van der Waals surface area contributed by atoms with Crippen molar-refractivity contribution >= 4 is 68.4 Å². The lowest BCUT2D eigenvalue weighted by Gasteiger charge is -2.16. The maximum atomic E-state index is 12.9. The summed E-state index contributed by atoms with van der Waals surface area (Å²) < 4.78 is 36.6. The predicted molar refractivity (Wildman–Crippen MR) is 157 cm³/mol. The smallest absolute Gasteiger partial charge is 0.353 e. The highest BCUT2D eigenvalue weighted by molar-refractivity contribution is 7.82. The van der Waals surface area contributed by atoms with Gasteiger partial charge < -0.3 is 8.37 Å². The molecule has 0 aliphatic heterocycles. The number of benzene rings is 4. The topological polar surface area (TPSA) is 52.6 Å². The molecular weight excluding hydrogens is 504 g/mol. The molecule has 0 bridgehead atoms. The van der Waals surface area contributed by atoms with Gasteiger partial charge in [0.05, 0.1) is 0 Å². The normalized spacial score (nSPS) is 16.1. The van der Waals surface area contributed by atoms with E-state index in [1.54, 1.807) is 24.3 Å². The molecule has 0 radical (unpaired) electrons. The zero-order valence-electron chi connectivity index (χ0n) is 20.8. The first-order valence-corrected chi connectivity index (χ1v) is 14.3. The Morgan fingerprint density at radius 1 is 0.538 bits per heavy atom. The van der Waals surface area contributed by atoms with E-state index in [0.717, 1.165) is 21.6 Å². The van der Waals surface area contributed by atoms with Crippen LogP contribution in [-0.2, 0) is 31.6 Å². The molecule has 4 aromatic rings. The molecule has 4 aromatic carbocycles. The molecule has 39 heavy (non-hydrogen) atoms. The molecule has 0 fully saturated rings. The minimum absolute atomic E-state index is 0.262. The van der Waals surface area contributed by atoms with Crippen LogP contribution in [0.3, 0.4) is 0 Å². The summed E-state index contributed by atoms with van der Waals surface area (Å²) in [6, 6.07) is 16.8. The van der Waals surface area contributed by atoms with Gasteiger partial charge in [-0.3, -0.25) is 0 Å². The third-order valence-corrected chi connectivity index (χ3v) is 8.73. The zero-order valence-corrected chi connectivity index (χ0v) is 21.7. The first-order chi connectivity index (χ1) is 19.0. The Morgan fingerprint density at radius 2 is 0.974 bits per heavy atom. The molecule has 4 aliphatic rings. The molecule has 0 atom stereocenters. The maximum absolute atomic E-state index is 12.9. The van der Waals surface area contributed by atoms with Crippen LogP contribution in [0.1, 0.15) is 22.3 Å². The molecule has 0 saturated heterocycles. The second-order valence-corrected chi connectivity index (χ2v) is 11.3. The summed E-state index contributed by atoms with van der Waals surface area (Å²) in [5.74, 6) is 0.524. The van der Waals surface area contributed by atoms with E-state index in [-0.39, 0.29) is 11.5 Å². The molecule has 0 amide bonds. The van der Waals surface area contributed by atoms with Crippen LogP contribution in [0.25, 0.3) is 58.0 Å². The highest BCUT2D eigenvalue weighted by Gasteiger charge is 2.21. The quantitative estimate of drug-likeness (QED) is 0.403. The molecule has 4 nitrogen and oxygen atoms in total. The Labute approximate surface area is 225 Å². The van der Waals surface area contributed by atoms with E-state index in [1.807, 2.05) is 12.1 Å². The van der Waals surface area contributed by atoms with Gasteiger partial charge in [0, 0.05) is 0 Å². The summed E-state index contributed by atoms with van der Waals surface area (Å²) in [7, 11) is -4.31. The van der Waals surface area contributed by atoms with Gasteiger partial charge in [-0.1, -0.05) is 85.0 Å². The third-order valence-electron chi connectivity index (χ3n) is 7.93. The summed E-state index contributed by atoms with van der Waals surface area (Å²) in [5.41, 5.74) is 4.77. The van der Waals surface area contributed by atoms with Crippen molar-refractivity contribution in [2.45, 2.75) is 12.8 Å². The zero-order chi connectivity index (χ0) is 26.1. The Kier molecular flexibility index (Phi) is 4.70. The van der Waals surface area contributed by atoms with Crippen molar-refractivity contribution in [3.8, 4) is 0 Å². The average Bonchev–Trinajstić information content (AvgIpc) is 3.61. The van der Waals surface area contributed by atoms with Crippen LogP contribution < -0.4 is 20.9 Å². The first-order valence-electron chi connectivity index (χ1n) is 13.0. The van der Waals surface area contributed by atoms with Crippen molar-refractivity contribution < 1.29 is 16.8 Å². The van der Waals surface area contributed by atoms with Crippen LogP contribution in [0.2, 0.25) is 0 Å². The number of fused-ring (bicyclic) bond motifs is 10. The fourth-order valence-electron chi connectivity index (χ4n) is 6.13. The number of rotatable bonds is 4. The van der Waals surface area contributed by atoms with Gasteiger partial charge in [0.15, 0.2) is 0 Å². The SMILES string of the molecule is O=S(=O)(OC1=CCc2c(ccc3c4c(ccc23)=CC=C4)=C1)OC1=CCc2c(ccc3c4c(ccc23)=CC=C4)=C1. The summed E-state index contributed by atoms with van der Waals surface area (Å²) in [6.07, 6.45) is 20.9. The number of allylic oxidation sites excluding steroid dienone is 6. The Balaban J connectivity index is 1.07. The van der Waals surface area contributed by atoms with Gasteiger partial charge in [-0.2, -0.15) is 0 Å². The van der Waals surface area contributed by atoms with Crippen LogP contribution in [0.5, 0.6) is 0 Å². The van der Waals surface area contributed by atoms with Crippen molar-refractivity contribution in [1.29, 1.82) is 0 Å². The third kappa shape index (κ3) is 3.62. The van der Waals surface area contributed by atoms with Gasteiger partial charge in [-0.15, -0.1) is 8.42 Å². The Hall–Kier alpha value is -4.61. The van der Waals surface area contributed by atoms with Crippen molar-refractivity contribution in [2.75, 3.05) is 0 Å². The van der Waals surface area contributed by atoms with Crippen molar-refractivity contribution in [2.24, 2.45) is 0 Å². The highest BCUT2D eigenvalue weighted by Crippen LogP contribution is 2.26. The summed E-state index contributed by atoms with van der Waals surface area (Å²) >= 11 is 0. The van der Waals surface area contributed by atoms with E-state index in [0.29, 0.717) is 12.8 Å². The summed E-state index contributed by atoms with van der Waals surface area (Å²) in [4.78, 5) is 0. The van der Waals surface area contributed by atoms with Gasteiger partial charge in [-0.25, -0.2) is 0 Å². The van der Waals surface area contributed by atoms with E-state index in [4.69, 9.17) is 8.37 Å². The number of hydrogen-bond acceptors (Lipinski definition) is 4. The molecule has 0 heterocycles. The molecule has 8 rings (SSSR count). The van der Waals surface area contributed by atoms with Crippen LogP contribution in [0, 0.1) is 0 Å². The lowest BCUT2D eigenvalue weighted by atomic mass is 9.94. The molecule has 0 unspecified atom stereocenters. The lowest BCUT2D eigenvalue weighted by molar-refractivity contribution is 0.314. The molecule has 0 aromatic heterocycles. The van der Waals surface area contributed by atoms with Gasteiger partial charge >= 0.3 is 10.4 Å². The molecule has 0 N–H and O–H groups in total. The monoisotopic (exact) mass is 526 g/mol. The van der Waals surface area contributed by atoms with Crippen LogP contribution in [0.15, 0.2) is 84.4 Å². The first kappa shape index (κ1) is 22.4. The highest BCUT2D eigenvalue weighted by atomic mass is 32.3. The lowest BCUT2D eigenvalue weighted by Crippen LogP contribution is -2.19. The van der Waals surface area contributed by atoms with E-state index in [9.17, 15) is 8.42 Å². The molecule has 4 aliphatic carbocycles. The largest absolute Gasteiger partial charge is 0.500 e. The van der Waals surface area contributed by atoms with Gasteiger partial charge in [0.1, 0.15) is 11.5 Å². The standard InChI is InChI=1S/C34H22O4S/c35-39(36,37-25-11-17-29-23(19-25)9-15-31-27-5-1-3-21(27)7-13-33(29)31)38-26-12-18-30-24(20-26)10-16-32-28-6-2-4-22(28)8-14-34(30)32/h1-16,19-20H,17-18H2. The summed E-state index contributed by atoms with van der Waals surface area (Å²) in [6.45, 7) is 0. The van der Waals surface area contributed by atoms with Crippen molar-refractivity contribution in [3.63, 3.8) is 0 Å². The van der Waals surface area contributed by atoms with E-state index >= 15 is 0 Å². The van der Waals surface area contributed by atoms with Crippen LogP contribution in [0.4, 0.5) is 0 Å². The summed E-state index contributed by atoms with van der Waals surface area (Å²) in [5, 5.41) is 9.07. The van der Waals surface area contributed by atoms with Gasteiger partial charge in [0.25, 0.3) is 0 Å². The Bertz CT molecular complexity index is 2120. The van der Waals surface area contributed by atoms with Crippen LogP contribution in [-0.4, -0.2) is 8.42 Å². The van der Waals surface area contributed by atoms with Gasteiger partial charge in [-0.05, 0) is 102 Å². The second-order valence-electron chi connectivity index (χ2n) is 10.1. The van der Waals surface area contributed by atoms with Crippen LogP contribution >= 0.6 is 0 Å². The van der Waals surface area contributed by atoms with E-state index < -0.39 is 10.4 Å². The number of hydrogen-bond donors (Lipinski definition) is 0. The van der Waals surface area contributed by atoms with Crippen molar-refractivity contribution in [1.82, 2.24) is 0 Å². The maximum Gasteiger partial charge on any atom is 0.500 e. The molecule has 5 heteroatoms. The fraction of sp³-hybridized carbons (Fsp3) is 0.0588. The fourth-order valence-corrected chi connectivity index (χ4v) is 6.87. The van der Waals surface area contributed by atoms with Gasteiger partial charge in [0.2, 0.25) is 0 Å². The molecule has 188 valence electrons. The van der Waals surface area contributed by atoms with E-state index in [1.165, 1.54) is 43.1 Å². The molecular formula is C34H22O4S. The molecule has 0 spiro atoms. The van der Waals surface area contributed by atoms with E-state index in [2.05, 4.69) is 72.9 Å². The Morgan fingerprint density at radius 3 is 1.46 bits per heavy atom. The second kappa shape index (κ2) is 8.19. The van der Waals surface area contributed by atoms with Crippen molar-refractivity contribution in [3.05, 3.63) is 127 Å². The minimum atomic E-state index is -4.31.